The van der Waals surface area contributed by atoms with Gasteiger partial charge in [0.15, 0.2) is 0 Å². The Hall–Kier alpha value is -0.530. The molecule has 0 aromatic heterocycles. The van der Waals surface area contributed by atoms with Crippen molar-refractivity contribution in [2.24, 2.45) is 5.92 Å². The van der Waals surface area contributed by atoms with Gasteiger partial charge in [-0.25, -0.2) is 0 Å². The van der Waals surface area contributed by atoms with Crippen molar-refractivity contribution in [2.75, 3.05) is 0 Å². The van der Waals surface area contributed by atoms with E-state index in [4.69, 9.17) is 0 Å². The second-order valence-corrected chi connectivity index (χ2v) is 3.14. The first-order valence-electron chi connectivity index (χ1n) is 4.03. The van der Waals surface area contributed by atoms with Crippen LogP contribution < -0.4 is 5.32 Å². The maximum atomic E-state index is 10.9. The van der Waals surface area contributed by atoms with Gasteiger partial charge in [-0.05, 0) is 18.8 Å². The van der Waals surface area contributed by atoms with Crippen LogP contribution in [0.1, 0.15) is 33.1 Å². The quantitative estimate of drug-likeness (QED) is 0.631. The molecule has 0 saturated heterocycles. The zero-order chi connectivity index (χ0) is 7.56. The highest BCUT2D eigenvalue weighted by Crippen LogP contribution is 2.28. The van der Waals surface area contributed by atoms with E-state index in [0.29, 0.717) is 12.5 Å². The molecule has 1 saturated carbocycles. The molecular formula is C8H15NO. The summed E-state index contributed by atoms with van der Waals surface area (Å²) in [7, 11) is 0. The van der Waals surface area contributed by atoms with Gasteiger partial charge in [-0.2, -0.15) is 0 Å². The summed E-state index contributed by atoms with van der Waals surface area (Å²) in [5, 5.41) is 2.97. The first-order valence-corrected chi connectivity index (χ1v) is 4.03. The van der Waals surface area contributed by atoms with Crippen molar-refractivity contribution in [3.05, 3.63) is 0 Å². The van der Waals surface area contributed by atoms with Crippen LogP contribution in [0.4, 0.5) is 0 Å². The van der Waals surface area contributed by atoms with Crippen LogP contribution in [0.5, 0.6) is 0 Å². The lowest BCUT2D eigenvalue weighted by Crippen LogP contribution is -2.25. The second-order valence-electron chi connectivity index (χ2n) is 3.14. The van der Waals surface area contributed by atoms with E-state index in [1.54, 1.807) is 0 Å². The number of nitrogens with one attached hydrogen (secondary N) is 1. The maximum Gasteiger partial charge on any atom is 0.220 e. The maximum absolute atomic E-state index is 10.9. The lowest BCUT2D eigenvalue weighted by atomic mass is 10.3. The molecule has 1 N–H and O–H groups in total. The number of carbonyl (C=O) groups is 1. The van der Waals surface area contributed by atoms with Crippen molar-refractivity contribution in [1.82, 2.24) is 5.32 Å². The van der Waals surface area contributed by atoms with E-state index in [2.05, 4.69) is 12.2 Å². The largest absolute Gasteiger partial charge is 0.353 e. The third-order valence-electron chi connectivity index (χ3n) is 1.93. The molecule has 0 aromatic carbocycles. The van der Waals surface area contributed by atoms with Gasteiger partial charge in [0.2, 0.25) is 5.91 Å². The van der Waals surface area contributed by atoms with E-state index in [-0.39, 0.29) is 5.91 Å². The van der Waals surface area contributed by atoms with Crippen molar-refractivity contribution in [2.45, 2.75) is 39.2 Å². The Bertz CT molecular complexity index is 133. The van der Waals surface area contributed by atoms with Crippen LogP contribution >= 0.6 is 0 Å². The lowest BCUT2D eigenvalue weighted by Gasteiger charge is -2.00. The molecule has 0 spiro atoms. The number of rotatable bonds is 3. The van der Waals surface area contributed by atoms with Gasteiger partial charge in [-0.3, -0.25) is 4.79 Å². The molecular weight excluding hydrogens is 126 g/mol. The van der Waals surface area contributed by atoms with E-state index < -0.39 is 0 Å². The summed E-state index contributed by atoms with van der Waals surface area (Å²) in [6.45, 7) is 4.19. The first-order chi connectivity index (χ1) is 4.74. The van der Waals surface area contributed by atoms with Crippen molar-refractivity contribution >= 4 is 5.91 Å². The standard InChI is InChI=1S/C8H15NO/c1-3-4-8(10)9-7-5-6(7)2/h6-7H,3-5H2,1-2H3,(H,9,10). The van der Waals surface area contributed by atoms with E-state index >= 15 is 0 Å². The number of carbonyl (C=O) groups excluding carboxylic acids is 1. The molecule has 1 aliphatic carbocycles. The topological polar surface area (TPSA) is 29.1 Å². The van der Waals surface area contributed by atoms with Crippen LogP contribution in [0, 0.1) is 5.92 Å². The van der Waals surface area contributed by atoms with Gasteiger partial charge in [0.05, 0.1) is 0 Å². The van der Waals surface area contributed by atoms with Gasteiger partial charge in [0, 0.05) is 12.5 Å². The van der Waals surface area contributed by atoms with Crippen molar-refractivity contribution < 1.29 is 4.79 Å². The summed E-state index contributed by atoms with van der Waals surface area (Å²) in [5.41, 5.74) is 0. The van der Waals surface area contributed by atoms with Crippen LogP contribution in [0.3, 0.4) is 0 Å². The Kier molecular flexibility index (Phi) is 2.30. The average Bonchev–Trinajstić information content (AvgIpc) is 2.47. The molecule has 10 heavy (non-hydrogen) atoms. The van der Waals surface area contributed by atoms with E-state index in [9.17, 15) is 4.79 Å². The zero-order valence-electron chi connectivity index (χ0n) is 6.68. The molecule has 0 radical (unpaired) electrons. The Morgan fingerprint density at radius 2 is 2.30 bits per heavy atom. The molecule has 2 unspecified atom stereocenters. The number of hydrogen-bond acceptors (Lipinski definition) is 1. The fraction of sp³-hybridized carbons (Fsp3) is 0.875. The molecule has 1 fully saturated rings. The molecule has 2 atom stereocenters. The highest BCUT2D eigenvalue weighted by molar-refractivity contribution is 5.76. The summed E-state index contributed by atoms with van der Waals surface area (Å²) in [5.74, 6) is 0.942. The Morgan fingerprint density at radius 3 is 2.70 bits per heavy atom. The highest BCUT2D eigenvalue weighted by atomic mass is 16.1. The molecule has 1 rings (SSSR count). The van der Waals surface area contributed by atoms with E-state index in [1.807, 2.05) is 6.92 Å². The first kappa shape index (κ1) is 7.58. The van der Waals surface area contributed by atoms with E-state index in [0.717, 1.165) is 12.3 Å². The summed E-state index contributed by atoms with van der Waals surface area (Å²) in [4.78, 5) is 10.9. The van der Waals surface area contributed by atoms with Gasteiger partial charge in [-0.1, -0.05) is 13.8 Å². The number of amides is 1. The Morgan fingerprint density at radius 1 is 1.70 bits per heavy atom. The van der Waals surface area contributed by atoms with Crippen molar-refractivity contribution in [3.63, 3.8) is 0 Å². The lowest BCUT2D eigenvalue weighted by molar-refractivity contribution is -0.121. The highest BCUT2D eigenvalue weighted by Gasteiger charge is 2.33. The third kappa shape index (κ3) is 2.01. The van der Waals surface area contributed by atoms with Gasteiger partial charge in [0.1, 0.15) is 0 Å². The monoisotopic (exact) mass is 141 g/mol. The predicted octanol–water partition coefficient (Wildman–Crippen LogP) is 1.31. The molecule has 0 aliphatic heterocycles. The summed E-state index contributed by atoms with van der Waals surface area (Å²) in [6, 6.07) is 0.499. The average molecular weight is 141 g/mol. The number of hydrogen-bond donors (Lipinski definition) is 1. The minimum Gasteiger partial charge on any atom is -0.353 e. The van der Waals surface area contributed by atoms with Gasteiger partial charge >= 0.3 is 0 Å². The summed E-state index contributed by atoms with van der Waals surface area (Å²) < 4.78 is 0. The van der Waals surface area contributed by atoms with Crippen molar-refractivity contribution in [3.8, 4) is 0 Å². The molecule has 0 heterocycles. The fourth-order valence-electron chi connectivity index (χ4n) is 1.03. The van der Waals surface area contributed by atoms with Crippen LogP contribution in [0.15, 0.2) is 0 Å². The SMILES string of the molecule is CCCC(=O)NC1CC1C. The van der Waals surface area contributed by atoms with Crippen molar-refractivity contribution in [1.29, 1.82) is 0 Å². The molecule has 58 valence electrons. The molecule has 2 heteroatoms. The molecule has 0 bridgehead atoms. The van der Waals surface area contributed by atoms with E-state index in [1.165, 1.54) is 6.42 Å². The normalized spacial score (nSPS) is 29.8. The van der Waals surface area contributed by atoms with Crippen LogP contribution in [0.2, 0.25) is 0 Å². The summed E-state index contributed by atoms with van der Waals surface area (Å²) in [6.07, 6.45) is 2.81. The van der Waals surface area contributed by atoms with Gasteiger partial charge in [-0.15, -0.1) is 0 Å². The third-order valence-corrected chi connectivity index (χ3v) is 1.93. The van der Waals surface area contributed by atoms with Crippen LogP contribution in [0.25, 0.3) is 0 Å². The van der Waals surface area contributed by atoms with Crippen LogP contribution in [-0.4, -0.2) is 11.9 Å². The fourth-order valence-corrected chi connectivity index (χ4v) is 1.03. The Labute approximate surface area is 62.0 Å². The summed E-state index contributed by atoms with van der Waals surface area (Å²) >= 11 is 0. The minimum atomic E-state index is 0.219. The smallest absolute Gasteiger partial charge is 0.220 e. The molecule has 2 nitrogen and oxygen atoms in total. The molecule has 0 aromatic rings. The van der Waals surface area contributed by atoms with Gasteiger partial charge < -0.3 is 5.32 Å². The molecule has 1 amide bonds. The second kappa shape index (κ2) is 3.04. The van der Waals surface area contributed by atoms with Gasteiger partial charge in [0.25, 0.3) is 0 Å². The molecule has 1 aliphatic rings. The predicted molar refractivity (Wildman–Crippen MR) is 40.6 cm³/mol. The zero-order valence-corrected chi connectivity index (χ0v) is 6.68. The van der Waals surface area contributed by atoms with Crippen LogP contribution in [-0.2, 0) is 4.79 Å². The Balaban J connectivity index is 2.07. The minimum absolute atomic E-state index is 0.219.